The number of nitrogens with zero attached hydrogens (tertiary/aromatic N) is 2. The molecule has 0 unspecified atom stereocenters. The Kier molecular flexibility index (Phi) is 8.53. The van der Waals surface area contributed by atoms with Gasteiger partial charge in [-0.25, -0.2) is 9.59 Å². The molecule has 0 fully saturated rings. The van der Waals surface area contributed by atoms with Gasteiger partial charge in [-0.1, -0.05) is 26.7 Å². The van der Waals surface area contributed by atoms with E-state index in [0.29, 0.717) is 58.3 Å². The van der Waals surface area contributed by atoms with E-state index in [-0.39, 0.29) is 0 Å². The molecular formula is C27H35BF2N2O4. The molecule has 1 aromatic heterocycles. The molecule has 9 heteroatoms. The van der Waals surface area contributed by atoms with Gasteiger partial charge in [0, 0.05) is 42.0 Å². The second-order valence-electron chi connectivity index (χ2n) is 9.20. The summed E-state index contributed by atoms with van der Waals surface area (Å²) >= 11 is 0. The molecule has 0 N–H and O–H groups in total. The fraction of sp³-hybridized carbons (Fsp3) is 0.444. The molecular weight excluding hydrogens is 465 g/mol. The van der Waals surface area contributed by atoms with E-state index in [1.54, 1.807) is 45.9 Å². The number of allylic oxidation sites excluding steroid dienone is 3. The highest BCUT2D eigenvalue weighted by molar-refractivity contribution is 6.58. The van der Waals surface area contributed by atoms with Gasteiger partial charge in [-0.15, -0.1) is 0 Å². The van der Waals surface area contributed by atoms with Gasteiger partial charge < -0.3 is 27.1 Å². The van der Waals surface area contributed by atoms with Crippen LogP contribution < -0.4 is 0 Å². The summed E-state index contributed by atoms with van der Waals surface area (Å²) in [7, 11) is 0. The molecule has 2 aliphatic rings. The number of hydrogen-bond acceptors (Lipinski definition) is 4. The molecule has 0 bridgehead atoms. The van der Waals surface area contributed by atoms with Gasteiger partial charge in [0.2, 0.25) is 0 Å². The number of carbonyl (C=O) groups is 2. The normalized spacial score (nSPS) is 16.6. The molecule has 0 saturated carbocycles. The lowest BCUT2D eigenvalue weighted by atomic mass is 9.89. The minimum absolute atomic E-state index is 0.333. The highest BCUT2D eigenvalue weighted by Crippen LogP contribution is 2.40. The van der Waals surface area contributed by atoms with Crippen LogP contribution in [0, 0.1) is 13.8 Å². The Hall–Kier alpha value is -3.23. The number of hydrogen-bond donors (Lipinski definition) is 0. The summed E-state index contributed by atoms with van der Waals surface area (Å²) < 4.78 is 44.5. The van der Waals surface area contributed by atoms with E-state index in [2.05, 4.69) is 0 Å². The predicted octanol–water partition coefficient (Wildman–Crippen LogP) is 5.74. The molecule has 0 atom stereocenters. The van der Waals surface area contributed by atoms with Crippen LogP contribution in [0.2, 0.25) is 0 Å². The third-order valence-electron chi connectivity index (χ3n) is 6.75. The average molecular weight is 500 g/mol. The highest BCUT2D eigenvalue weighted by atomic mass is 19.2. The van der Waals surface area contributed by atoms with Crippen molar-refractivity contribution in [1.29, 1.82) is 0 Å². The Morgan fingerprint density at radius 1 is 0.972 bits per heavy atom. The maximum absolute atomic E-state index is 16.0. The molecule has 3 heterocycles. The maximum atomic E-state index is 16.0. The maximum Gasteiger partial charge on any atom is 0.737 e. The fourth-order valence-corrected chi connectivity index (χ4v) is 4.73. The molecule has 2 aliphatic heterocycles. The fourth-order valence-electron chi connectivity index (χ4n) is 4.73. The summed E-state index contributed by atoms with van der Waals surface area (Å²) in [4.78, 5) is 24.0. The Morgan fingerprint density at radius 2 is 1.53 bits per heavy atom. The van der Waals surface area contributed by atoms with Crippen LogP contribution in [-0.4, -0.2) is 46.8 Å². The molecule has 0 spiro atoms. The highest BCUT2D eigenvalue weighted by Gasteiger charge is 2.54. The lowest BCUT2D eigenvalue weighted by Crippen LogP contribution is -2.50. The Balaban J connectivity index is 1.97. The van der Waals surface area contributed by atoms with Gasteiger partial charge in [0.15, 0.2) is 5.70 Å². The van der Waals surface area contributed by atoms with Crippen LogP contribution in [0.3, 0.4) is 0 Å². The quantitative estimate of drug-likeness (QED) is 0.178. The van der Waals surface area contributed by atoms with Crippen molar-refractivity contribution >= 4 is 36.8 Å². The van der Waals surface area contributed by atoms with E-state index in [1.807, 2.05) is 13.8 Å². The Labute approximate surface area is 211 Å². The van der Waals surface area contributed by atoms with E-state index in [1.165, 1.54) is 12.2 Å². The van der Waals surface area contributed by atoms with Crippen molar-refractivity contribution < 1.29 is 32.2 Å². The van der Waals surface area contributed by atoms with Gasteiger partial charge in [-0.05, 0) is 62.6 Å². The van der Waals surface area contributed by atoms with Crippen LogP contribution in [0.1, 0.15) is 75.9 Å². The molecule has 6 nitrogen and oxygen atoms in total. The first-order chi connectivity index (χ1) is 17.1. The Bertz CT molecular complexity index is 1220. The molecule has 0 radical (unpaired) electrons. The van der Waals surface area contributed by atoms with Crippen molar-refractivity contribution in [1.82, 2.24) is 4.48 Å². The molecule has 3 rings (SSSR count). The topological polar surface area (TPSA) is 60.5 Å². The van der Waals surface area contributed by atoms with Crippen LogP contribution >= 0.6 is 0 Å². The van der Waals surface area contributed by atoms with Crippen molar-refractivity contribution in [2.75, 3.05) is 13.2 Å². The summed E-state index contributed by atoms with van der Waals surface area (Å²) in [6.07, 6.45) is 10.8. The third-order valence-corrected chi connectivity index (χ3v) is 6.75. The van der Waals surface area contributed by atoms with Crippen LogP contribution in [-0.2, 0) is 19.1 Å². The minimum Gasteiger partial charge on any atom is -0.463 e. The molecule has 0 aromatic carbocycles. The average Bonchev–Trinajstić information content (AvgIpc) is 3.21. The Morgan fingerprint density at radius 3 is 2.08 bits per heavy atom. The summed E-state index contributed by atoms with van der Waals surface area (Å²) in [6, 6.07) is 0. The number of fused-ring (bicyclic) bond motifs is 2. The lowest BCUT2D eigenvalue weighted by molar-refractivity contribution is -0.363. The molecule has 0 saturated heterocycles. The number of esters is 2. The van der Waals surface area contributed by atoms with Crippen LogP contribution in [0.5, 0.6) is 0 Å². The van der Waals surface area contributed by atoms with Gasteiger partial charge in [-0.2, -0.15) is 0 Å². The van der Waals surface area contributed by atoms with Crippen LogP contribution in [0.25, 0.3) is 12.2 Å². The number of aromatic nitrogens is 1. The van der Waals surface area contributed by atoms with Crippen molar-refractivity contribution in [3.8, 4) is 0 Å². The zero-order chi connectivity index (χ0) is 26.6. The summed E-state index contributed by atoms with van der Waals surface area (Å²) in [6.45, 7) is 7.28. The first-order valence-electron chi connectivity index (χ1n) is 12.6. The van der Waals surface area contributed by atoms with Gasteiger partial charge in [0.25, 0.3) is 0 Å². The number of unbranched alkanes of at least 4 members (excludes halogenated alkanes) is 2. The third kappa shape index (κ3) is 5.15. The predicted molar refractivity (Wildman–Crippen MR) is 139 cm³/mol. The largest absolute Gasteiger partial charge is 0.737 e. The number of ether oxygens (including phenoxy) is 2. The van der Waals surface area contributed by atoms with Crippen molar-refractivity contribution in [2.24, 2.45) is 0 Å². The number of halogens is 2. The summed E-state index contributed by atoms with van der Waals surface area (Å²) in [5.41, 5.74) is 4.01. The molecule has 0 amide bonds. The molecule has 194 valence electrons. The van der Waals surface area contributed by atoms with E-state index < -0.39 is 18.9 Å². The van der Waals surface area contributed by atoms with E-state index in [9.17, 15) is 9.59 Å². The number of carbonyl (C=O) groups excluding carboxylic acids is 2. The standard InChI is InChI=1S/C27H35BF2N2O4/c1-7-9-15-35-26(33)13-11-22-18(3)24-17-25-19(4)23(12-14-27(34)36-16-10-8-2)21(6)32(25)28(29,30)31(24)20(22)5/h11-14,17H,7-10,15-16H2,1-6H3/b13-11+,14-12+. The smallest absolute Gasteiger partial charge is 0.463 e. The first kappa shape index (κ1) is 27.4. The lowest BCUT2D eigenvalue weighted by Gasteiger charge is -2.30. The zero-order valence-electron chi connectivity index (χ0n) is 22.0. The van der Waals surface area contributed by atoms with Crippen LogP contribution in [0.15, 0.2) is 35.1 Å². The van der Waals surface area contributed by atoms with E-state index in [4.69, 9.17) is 9.47 Å². The van der Waals surface area contributed by atoms with Crippen molar-refractivity contribution in [3.05, 3.63) is 57.6 Å². The second-order valence-corrected chi connectivity index (χ2v) is 9.20. The molecule has 1 aromatic rings. The second kappa shape index (κ2) is 11.2. The van der Waals surface area contributed by atoms with Crippen molar-refractivity contribution in [2.45, 2.75) is 67.2 Å². The first-order valence-corrected chi connectivity index (χ1v) is 12.6. The zero-order valence-corrected chi connectivity index (χ0v) is 22.0. The molecule has 0 aliphatic carbocycles. The van der Waals surface area contributed by atoms with Gasteiger partial charge in [-0.3, -0.25) is 0 Å². The summed E-state index contributed by atoms with van der Waals surface area (Å²) in [5, 5.41) is 0. The van der Waals surface area contributed by atoms with Gasteiger partial charge >= 0.3 is 18.9 Å². The molecule has 36 heavy (non-hydrogen) atoms. The summed E-state index contributed by atoms with van der Waals surface area (Å²) in [5.74, 6) is -0.981. The van der Waals surface area contributed by atoms with E-state index >= 15 is 8.63 Å². The SMILES string of the molecule is CCCCOC(=O)/C=C/C1=C(C)C2=Cc3c(C)c(/C=C/C(=O)OCCCC)c(C)n3[B-](F)(F)[N+]2=C1C. The number of rotatable bonds is 10. The van der Waals surface area contributed by atoms with Gasteiger partial charge in [0.1, 0.15) is 5.71 Å². The monoisotopic (exact) mass is 500 g/mol. The van der Waals surface area contributed by atoms with Crippen LogP contribution in [0.4, 0.5) is 8.63 Å². The minimum atomic E-state index is -4.20. The van der Waals surface area contributed by atoms with Crippen molar-refractivity contribution in [3.63, 3.8) is 0 Å². The van der Waals surface area contributed by atoms with Gasteiger partial charge in [0.05, 0.1) is 13.2 Å². The van der Waals surface area contributed by atoms with E-state index in [0.717, 1.165) is 34.6 Å².